The van der Waals surface area contributed by atoms with E-state index in [1.807, 2.05) is 55.5 Å². The summed E-state index contributed by atoms with van der Waals surface area (Å²) in [6.07, 6.45) is 1.54. The van der Waals surface area contributed by atoms with Crippen LogP contribution in [-0.4, -0.2) is 5.91 Å². The zero-order valence-electron chi connectivity index (χ0n) is 16.5. The summed E-state index contributed by atoms with van der Waals surface area (Å²) in [4.78, 5) is 12.6. The number of nitriles is 1. The lowest BCUT2D eigenvalue weighted by Crippen LogP contribution is -2.14. The average molecular weight is 608 g/mol. The number of ether oxygens (including phenoxy) is 1. The molecule has 0 saturated carbocycles. The van der Waals surface area contributed by atoms with Crippen molar-refractivity contribution < 1.29 is 9.53 Å². The molecule has 0 aromatic heterocycles. The second-order valence-electron chi connectivity index (χ2n) is 6.67. The van der Waals surface area contributed by atoms with Gasteiger partial charge < -0.3 is 10.1 Å². The van der Waals surface area contributed by atoms with E-state index in [4.69, 9.17) is 16.3 Å². The topological polar surface area (TPSA) is 62.1 Å². The van der Waals surface area contributed by atoms with Crippen molar-refractivity contribution in [1.82, 2.24) is 0 Å². The van der Waals surface area contributed by atoms with Gasteiger partial charge in [-0.15, -0.1) is 0 Å². The van der Waals surface area contributed by atoms with Crippen LogP contribution in [0.25, 0.3) is 6.08 Å². The number of aryl methyl sites for hydroxylation is 1. The Balaban J connectivity index is 1.79. The van der Waals surface area contributed by atoms with Crippen LogP contribution >= 0.6 is 50.1 Å². The monoisotopic (exact) mass is 606 g/mol. The highest BCUT2D eigenvalue weighted by Crippen LogP contribution is 2.33. The second-order valence-corrected chi connectivity index (χ2v) is 9.12. The number of nitrogens with one attached hydrogen (secondary N) is 1. The summed E-state index contributed by atoms with van der Waals surface area (Å²) in [5, 5.41) is 12.8. The first-order valence-corrected chi connectivity index (χ1v) is 11.5. The molecule has 0 aliphatic rings. The van der Waals surface area contributed by atoms with Gasteiger partial charge in [0.05, 0.1) is 8.04 Å². The van der Waals surface area contributed by atoms with Gasteiger partial charge in [-0.1, -0.05) is 48.0 Å². The van der Waals surface area contributed by atoms with Crippen molar-refractivity contribution in [2.24, 2.45) is 0 Å². The van der Waals surface area contributed by atoms with E-state index in [2.05, 4.69) is 43.8 Å². The molecule has 3 aromatic rings. The van der Waals surface area contributed by atoms with E-state index in [9.17, 15) is 10.1 Å². The molecule has 0 bridgehead atoms. The standard InChI is InChI=1S/C24H17BrClIN2O2/c1-15-7-8-19(26)12-22(15)29-24(30)18(13-28)9-17-10-20(25)23(21(27)11-17)31-14-16-5-3-2-4-6-16/h2-12H,14H2,1H3,(H,29,30)/b18-9+. The van der Waals surface area contributed by atoms with Gasteiger partial charge >= 0.3 is 0 Å². The quantitative estimate of drug-likeness (QED) is 0.184. The maximum atomic E-state index is 12.6. The van der Waals surface area contributed by atoms with Crippen molar-refractivity contribution in [3.8, 4) is 11.8 Å². The molecule has 0 radical (unpaired) electrons. The van der Waals surface area contributed by atoms with Crippen LogP contribution in [0.3, 0.4) is 0 Å². The predicted octanol–water partition coefficient (Wildman–Crippen LogP) is 7.14. The molecule has 0 aliphatic carbocycles. The van der Waals surface area contributed by atoms with Crippen LogP contribution in [-0.2, 0) is 11.4 Å². The van der Waals surface area contributed by atoms with Crippen molar-refractivity contribution in [2.75, 3.05) is 5.32 Å². The van der Waals surface area contributed by atoms with Gasteiger partial charge in [0.15, 0.2) is 0 Å². The van der Waals surface area contributed by atoms with Crippen molar-refractivity contribution >= 4 is 67.8 Å². The minimum absolute atomic E-state index is 0.0139. The smallest absolute Gasteiger partial charge is 0.266 e. The van der Waals surface area contributed by atoms with E-state index in [-0.39, 0.29) is 5.57 Å². The lowest BCUT2D eigenvalue weighted by Gasteiger charge is -2.12. The van der Waals surface area contributed by atoms with Gasteiger partial charge in [-0.25, -0.2) is 0 Å². The van der Waals surface area contributed by atoms with Crippen molar-refractivity contribution in [3.05, 3.63) is 96.0 Å². The molecule has 4 nitrogen and oxygen atoms in total. The average Bonchev–Trinajstić information content (AvgIpc) is 2.74. The van der Waals surface area contributed by atoms with E-state index < -0.39 is 5.91 Å². The zero-order chi connectivity index (χ0) is 22.4. The molecule has 3 rings (SSSR count). The van der Waals surface area contributed by atoms with Crippen molar-refractivity contribution in [2.45, 2.75) is 13.5 Å². The van der Waals surface area contributed by atoms with E-state index in [0.717, 1.165) is 19.2 Å². The third-order valence-electron chi connectivity index (χ3n) is 4.37. The SMILES string of the molecule is Cc1ccc(Cl)cc1NC(=O)/C(C#N)=C/c1cc(Br)c(OCc2ccccc2)c(I)c1. The summed E-state index contributed by atoms with van der Waals surface area (Å²) in [6.45, 7) is 2.30. The normalized spacial score (nSPS) is 11.0. The summed E-state index contributed by atoms with van der Waals surface area (Å²) in [6, 6.07) is 20.7. The number of hydrogen-bond acceptors (Lipinski definition) is 3. The van der Waals surface area contributed by atoms with Gasteiger partial charge in [0.1, 0.15) is 24.0 Å². The van der Waals surface area contributed by atoms with E-state index >= 15 is 0 Å². The molecule has 156 valence electrons. The fourth-order valence-electron chi connectivity index (χ4n) is 2.76. The van der Waals surface area contributed by atoms with Crippen LogP contribution in [0.4, 0.5) is 5.69 Å². The first-order chi connectivity index (χ1) is 14.9. The second kappa shape index (κ2) is 10.8. The molecule has 31 heavy (non-hydrogen) atoms. The number of halogens is 3. The van der Waals surface area contributed by atoms with Gasteiger partial charge in [0.25, 0.3) is 5.91 Å². The van der Waals surface area contributed by atoms with E-state index in [0.29, 0.717) is 28.6 Å². The van der Waals surface area contributed by atoms with Crippen LogP contribution in [0.2, 0.25) is 5.02 Å². The van der Waals surface area contributed by atoms with Gasteiger partial charge in [-0.05, 0) is 92.5 Å². The highest BCUT2D eigenvalue weighted by Gasteiger charge is 2.14. The van der Waals surface area contributed by atoms with Gasteiger partial charge in [-0.2, -0.15) is 5.26 Å². The summed E-state index contributed by atoms with van der Waals surface area (Å²) in [5.41, 5.74) is 3.18. The number of rotatable bonds is 6. The number of carbonyl (C=O) groups excluding carboxylic acids is 1. The molecule has 0 aliphatic heterocycles. The zero-order valence-corrected chi connectivity index (χ0v) is 21.0. The minimum Gasteiger partial charge on any atom is -0.487 e. The highest BCUT2D eigenvalue weighted by molar-refractivity contribution is 14.1. The predicted molar refractivity (Wildman–Crippen MR) is 136 cm³/mol. The maximum absolute atomic E-state index is 12.6. The number of nitrogens with zero attached hydrogens (tertiary/aromatic N) is 1. The maximum Gasteiger partial charge on any atom is 0.266 e. The van der Waals surface area contributed by atoms with Gasteiger partial charge in [-0.3, -0.25) is 4.79 Å². The van der Waals surface area contributed by atoms with Crippen LogP contribution in [0.1, 0.15) is 16.7 Å². The van der Waals surface area contributed by atoms with Gasteiger partial charge in [0.2, 0.25) is 0 Å². The highest BCUT2D eigenvalue weighted by atomic mass is 127. The molecule has 0 atom stereocenters. The van der Waals surface area contributed by atoms with Crippen molar-refractivity contribution in [1.29, 1.82) is 5.26 Å². The summed E-state index contributed by atoms with van der Waals surface area (Å²) in [5.74, 6) is 0.211. The number of hydrogen-bond donors (Lipinski definition) is 1. The summed E-state index contributed by atoms with van der Waals surface area (Å²) < 4.78 is 7.56. The lowest BCUT2D eigenvalue weighted by atomic mass is 10.1. The third kappa shape index (κ3) is 6.33. The summed E-state index contributed by atoms with van der Waals surface area (Å²) >= 11 is 11.7. The number of anilines is 1. The molecule has 0 saturated heterocycles. The first-order valence-electron chi connectivity index (χ1n) is 9.22. The Labute approximate surface area is 208 Å². The number of benzene rings is 3. The Morgan fingerprint density at radius 3 is 2.65 bits per heavy atom. The molecule has 1 amide bonds. The lowest BCUT2D eigenvalue weighted by molar-refractivity contribution is -0.112. The molecular weight excluding hydrogens is 591 g/mol. The van der Waals surface area contributed by atoms with Crippen LogP contribution in [0, 0.1) is 21.8 Å². The molecule has 0 spiro atoms. The Morgan fingerprint density at radius 2 is 1.97 bits per heavy atom. The molecule has 0 fully saturated rings. The van der Waals surface area contributed by atoms with Crippen LogP contribution < -0.4 is 10.1 Å². The Kier molecular flexibility index (Phi) is 8.13. The molecule has 0 heterocycles. The molecule has 1 N–H and O–H groups in total. The Morgan fingerprint density at radius 1 is 1.23 bits per heavy atom. The fourth-order valence-corrected chi connectivity index (χ4v) is 4.71. The third-order valence-corrected chi connectivity index (χ3v) is 6.00. The van der Waals surface area contributed by atoms with E-state index in [1.54, 1.807) is 24.3 Å². The van der Waals surface area contributed by atoms with Crippen LogP contribution in [0.15, 0.2) is 70.7 Å². The first kappa shape index (κ1) is 23.3. The minimum atomic E-state index is -0.497. The van der Waals surface area contributed by atoms with Gasteiger partial charge in [0, 0.05) is 10.7 Å². The molecule has 0 unspecified atom stereocenters. The largest absolute Gasteiger partial charge is 0.487 e. The molecular formula is C24H17BrClIN2O2. The van der Waals surface area contributed by atoms with E-state index in [1.165, 1.54) is 0 Å². The molecule has 3 aromatic carbocycles. The fraction of sp³-hybridized carbons (Fsp3) is 0.0833. The Hall–Kier alpha value is -2.34. The van der Waals surface area contributed by atoms with Crippen LogP contribution in [0.5, 0.6) is 5.75 Å². The number of carbonyl (C=O) groups is 1. The summed E-state index contributed by atoms with van der Waals surface area (Å²) in [7, 11) is 0. The Bertz CT molecular complexity index is 1170. The number of amides is 1. The van der Waals surface area contributed by atoms with Crippen molar-refractivity contribution in [3.63, 3.8) is 0 Å². The molecule has 7 heteroatoms.